The van der Waals surface area contributed by atoms with Crippen LogP contribution in [0.1, 0.15) is 55.5 Å². The predicted molar refractivity (Wildman–Crippen MR) is 109 cm³/mol. The molecule has 2 aromatic rings. The van der Waals surface area contributed by atoms with Gasteiger partial charge in [0.15, 0.2) is 0 Å². The van der Waals surface area contributed by atoms with Crippen LogP contribution in [0.25, 0.3) is 0 Å². The molecule has 1 aromatic carbocycles. The molecule has 1 aromatic heterocycles. The van der Waals surface area contributed by atoms with Crippen molar-refractivity contribution >= 4 is 11.7 Å². The predicted octanol–water partition coefficient (Wildman–Crippen LogP) is 4.07. The van der Waals surface area contributed by atoms with Crippen LogP contribution in [0, 0.1) is 12.8 Å². The van der Waals surface area contributed by atoms with E-state index in [9.17, 15) is 4.79 Å². The molecule has 0 bridgehead atoms. The Morgan fingerprint density at radius 1 is 1.26 bits per heavy atom. The van der Waals surface area contributed by atoms with Gasteiger partial charge in [-0.1, -0.05) is 37.3 Å². The molecule has 5 heteroatoms. The van der Waals surface area contributed by atoms with E-state index in [-0.39, 0.29) is 11.9 Å². The minimum absolute atomic E-state index is 0.0247. The summed E-state index contributed by atoms with van der Waals surface area (Å²) in [5, 5.41) is 0. The maximum Gasteiger partial charge on any atom is 0.272 e. The van der Waals surface area contributed by atoms with Crippen molar-refractivity contribution in [3.8, 4) is 0 Å². The molecule has 144 valence electrons. The third kappa shape index (κ3) is 4.85. The maximum atomic E-state index is 13.0. The number of carbonyl (C=O) groups is 1. The zero-order valence-corrected chi connectivity index (χ0v) is 16.9. The van der Waals surface area contributed by atoms with Crippen LogP contribution in [-0.2, 0) is 6.54 Å². The fourth-order valence-corrected chi connectivity index (χ4v) is 3.65. The van der Waals surface area contributed by atoms with E-state index in [0.717, 1.165) is 31.9 Å². The molecule has 27 heavy (non-hydrogen) atoms. The number of aryl methyl sites for hydroxylation is 1. The van der Waals surface area contributed by atoms with Crippen LogP contribution >= 0.6 is 0 Å². The fraction of sp³-hybridized carbons (Fsp3) is 0.500. The first-order valence-corrected chi connectivity index (χ1v) is 9.89. The second-order valence-corrected chi connectivity index (χ2v) is 7.86. The zero-order chi connectivity index (χ0) is 19.4. The standard InChI is InChI=1S/C22H30N4O/c1-16(2)26(15-19-10-6-5-7-11-19)21-13-20(23-18(4)24-21)22(27)25-12-8-9-17(3)14-25/h5-7,10-11,13,16-17H,8-9,12,14-15H2,1-4H3. The van der Waals surface area contributed by atoms with Crippen LogP contribution in [-0.4, -0.2) is 39.9 Å². The lowest BCUT2D eigenvalue weighted by Gasteiger charge is -2.31. The first-order chi connectivity index (χ1) is 12.9. The molecule has 1 fully saturated rings. The first kappa shape index (κ1) is 19.3. The largest absolute Gasteiger partial charge is 0.350 e. The summed E-state index contributed by atoms with van der Waals surface area (Å²) in [6.07, 6.45) is 2.26. The van der Waals surface area contributed by atoms with E-state index in [0.29, 0.717) is 17.4 Å². The lowest BCUT2D eigenvalue weighted by Crippen LogP contribution is -2.39. The van der Waals surface area contributed by atoms with Gasteiger partial charge in [0.05, 0.1) is 0 Å². The van der Waals surface area contributed by atoms with E-state index >= 15 is 0 Å². The van der Waals surface area contributed by atoms with Crippen LogP contribution < -0.4 is 4.90 Å². The molecule has 0 aliphatic carbocycles. The highest BCUT2D eigenvalue weighted by atomic mass is 16.2. The zero-order valence-electron chi connectivity index (χ0n) is 16.9. The van der Waals surface area contributed by atoms with Gasteiger partial charge in [-0.25, -0.2) is 9.97 Å². The third-order valence-electron chi connectivity index (χ3n) is 5.10. The van der Waals surface area contributed by atoms with Crippen molar-refractivity contribution in [3.05, 3.63) is 53.5 Å². The van der Waals surface area contributed by atoms with Gasteiger partial charge in [-0.2, -0.15) is 0 Å². The topological polar surface area (TPSA) is 49.3 Å². The van der Waals surface area contributed by atoms with Crippen molar-refractivity contribution in [1.29, 1.82) is 0 Å². The van der Waals surface area contributed by atoms with E-state index in [1.165, 1.54) is 12.0 Å². The molecule has 1 saturated heterocycles. The quantitative estimate of drug-likeness (QED) is 0.800. The summed E-state index contributed by atoms with van der Waals surface area (Å²) in [6, 6.07) is 12.5. The number of nitrogens with zero attached hydrogens (tertiary/aromatic N) is 4. The Morgan fingerprint density at radius 3 is 2.67 bits per heavy atom. The number of hydrogen-bond donors (Lipinski definition) is 0. The molecule has 0 N–H and O–H groups in total. The Balaban J connectivity index is 1.87. The first-order valence-electron chi connectivity index (χ1n) is 9.89. The molecule has 1 unspecified atom stereocenters. The molecule has 2 heterocycles. The monoisotopic (exact) mass is 366 g/mol. The SMILES string of the molecule is Cc1nc(C(=O)N2CCCC(C)C2)cc(N(Cc2ccccc2)C(C)C)n1. The number of rotatable bonds is 5. The summed E-state index contributed by atoms with van der Waals surface area (Å²) in [5.41, 5.74) is 1.73. The number of aromatic nitrogens is 2. The summed E-state index contributed by atoms with van der Waals surface area (Å²) >= 11 is 0. The van der Waals surface area contributed by atoms with E-state index in [4.69, 9.17) is 0 Å². The highest BCUT2D eigenvalue weighted by molar-refractivity contribution is 5.93. The normalized spacial score (nSPS) is 17.2. The average molecular weight is 367 g/mol. The lowest BCUT2D eigenvalue weighted by molar-refractivity contribution is 0.0676. The molecule has 1 aliphatic rings. The van der Waals surface area contributed by atoms with Crippen molar-refractivity contribution in [2.75, 3.05) is 18.0 Å². The van der Waals surface area contributed by atoms with Gasteiger partial charge >= 0.3 is 0 Å². The minimum atomic E-state index is 0.0247. The highest BCUT2D eigenvalue weighted by Gasteiger charge is 2.24. The number of hydrogen-bond acceptors (Lipinski definition) is 4. The summed E-state index contributed by atoms with van der Waals surface area (Å²) < 4.78 is 0. The van der Waals surface area contributed by atoms with Gasteiger partial charge in [0.2, 0.25) is 0 Å². The molecule has 1 amide bonds. The minimum Gasteiger partial charge on any atom is -0.350 e. The van der Waals surface area contributed by atoms with Crippen molar-refractivity contribution in [2.24, 2.45) is 5.92 Å². The number of carbonyl (C=O) groups excluding carboxylic acids is 1. The van der Waals surface area contributed by atoms with Crippen LogP contribution in [0.2, 0.25) is 0 Å². The van der Waals surface area contributed by atoms with Gasteiger partial charge in [0, 0.05) is 31.7 Å². The second kappa shape index (κ2) is 8.51. The fourth-order valence-electron chi connectivity index (χ4n) is 3.65. The van der Waals surface area contributed by atoms with Gasteiger partial charge in [0.25, 0.3) is 5.91 Å². The van der Waals surface area contributed by atoms with Gasteiger partial charge in [-0.3, -0.25) is 4.79 Å². The van der Waals surface area contributed by atoms with E-state index in [1.807, 2.05) is 36.1 Å². The van der Waals surface area contributed by atoms with Crippen LogP contribution in [0.3, 0.4) is 0 Å². The summed E-state index contributed by atoms with van der Waals surface area (Å²) in [6.45, 7) is 10.7. The molecular formula is C22H30N4O. The number of piperidine rings is 1. The molecule has 0 saturated carbocycles. The molecule has 3 rings (SSSR count). The molecule has 1 aliphatic heterocycles. The Bertz CT molecular complexity index is 775. The van der Waals surface area contributed by atoms with Crippen LogP contribution in [0.4, 0.5) is 5.82 Å². The molecule has 0 radical (unpaired) electrons. The Hall–Kier alpha value is -2.43. The van der Waals surface area contributed by atoms with Crippen molar-refractivity contribution in [2.45, 2.75) is 53.1 Å². The summed E-state index contributed by atoms with van der Waals surface area (Å²) in [4.78, 5) is 26.3. The van der Waals surface area contributed by atoms with E-state index < -0.39 is 0 Å². The third-order valence-corrected chi connectivity index (χ3v) is 5.10. The smallest absolute Gasteiger partial charge is 0.272 e. The number of amides is 1. The van der Waals surface area contributed by atoms with Crippen molar-refractivity contribution < 1.29 is 4.79 Å². The molecular weight excluding hydrogens is 336 g/mol. The average Bonchev–Trinajstić information content (AvgIpc) is 2.65. The molecule has 0 spiro atoms. The highest BCUT2D eigenvalue weighted by Crippen LogP contribution is 2.22. The van der Waals surface area contributed by atoms with Crippen molar-refractivity contribution in [3.63, 3.8) is 0 Å². The van der Waals surface area contributed by atoms with Crippen LogP contribution in [0.15, 0.2) is 36.4 Å². The summed E-state index contributed by atoms with van der Waals surface area (Å²) in [7, 11) is 0. The summed E-state index contributed by atoms with van der Waals surface area (Å²) in [5.74, 6) is 2.03. The molecule has 5 nitrogen and oxygen atoms in total. The van der Waals surface area contributed by atoms with E-state index in [2.05, 4.69) is 47.8 Å². The second-order valence-electron chi connectivity index (χ2n) is 7.86. The lowest BCUT2D eigenvalue weighted by atomic mass is 10.00. The number of likely N-dealkylation sites (tertiary alicyclic amines) is 1. The van der Waals surface area contributed by atoms with Crippen LogP contribution in [0.5, 0.6) is 0 Å². The van der Waals surface area contributed by atoms with Gasteiger partial charge in [-0.05, 0) is 45.1 Å². The molecule has 1 atom stereocenters. The number of benzene rings is 1. The Morgan fingerprint density at radius 2 is 2.00 bits per heavy atom. The Kier molecular flexibility index (Phi) is 6.09. The Labute approximate surface area is 162 Å². The van der Waals surface area contributed by atoms with Gasteiger partial charge in [0.1, 0.15) is 17.3 Å². The van der Waals surface area contributed by atoms with Gasteiger partial charge in [-0.15, -0.1) is 0 Å². The maximum absolute atomic E-state index is 13.0. The van der Waals surface area contributed by atoms with E-state index in [1.54, 1.807) is 0 Å². The van der Waals surface area contributed by atoms with Crippen molar-refractivity contribution in [1.82, 2.24) is 14.9 Å². The van der Waals surface area contributed by atoms with Gasteiger partial charge < -0.3 is 9.80 Å². The number of anilines is 1.